The number of aliphatic hydroxyl groups is 1. The Morgan fingerprint density at radius 3 is 2.38 bits per heavy atom. The van der Waals surface area contributed by atoms with Crippen molar-refractivity contribution in [1.29, 1.82) is 0 Å². The van der Waals surface area contributed by atoms with Gasteiger partial charge in [0.1, 0.15) is 5.54 Å². The van der Waals surface area contributed by atoms with E-state index in [-0.39, 0.29) is 6.04 Å². The second kappa shape index (κ2) is 3.27. The van der Waals surface area contributed by atoms with Gasteiger partial charge in [0.15, 0.2) is 0 Å². The highest BCUT2D eigenvalue weighted by Gasteiger charge is 2.52. The van der Waals surface area contributed by atoms with E-state index in [1.807, 2.05) is 6.92 Å². The van der Waals surface area contributed by atoms with Gasteiger partial charge in [-0.15, -0.1) is 0 Å². The molecule has 0 aromatic carbocycles. The van der Waals surface area contributed by atoms with Crippen LogP contribution in [0.5, 0.6) is 0 Å². The van der Waals surface area contributed by atoms with Crippen LogP contribution < -0.4 is 0 Å². The van der Waals surface area contributed by atoms with Gasteiger partial charge in [0.2, 0.25) is 0 Å². The topological polar surface area (TPSA) is 60.8 Å². The van der Waals surface area contributed by atoms with Crippen LogP contribution in [0.25, 0.3) is 0 Å². The third kappa shape index (κ3) is 1.34. The first-order chi connectivity index (χ1) is 5.93. The summed E-state index contributed by atoms with van der Waals surface area (Å²) < 4.78 is 0. The molecule has 0 aromatic rings. The number of aliphatic carboxylic acids is 1. The monoisotopic (exact) mass is 187 g/mol. The number of carboxylic acid groups (broad SMARTS) is 1. The Balaban J connectivity index is 2.99. The van der Waals surface area contributed by atoms with Gasteiger partial charge in [-0.05, 0) is 33.7 Å². The fourth-order valence-electron chi connectivity index (χ4n) is 2.13. The highest BCUT2D eigenvalue weighted by molar-refractivity contribution is 5.80. The number of aliphatic hydroxyl groups excluding tert-OH is 1. The number of likely N-dealkylation sites (N-methyl/N-ethyl adjacent to an activating group) is 1. The van der Waals surface area contributed by atoms with E-state index < -0.39 is 17.6 Å². The van der Waals surface area contributed by atoms with Crippen molar-refractivity contribution in [2.45, 2.75) is 44.4 Å². The summed E-state index contributed by atoms with van der Waals surface area (Å²) in [5, 5.41) is 18.7. The predicted octanol–water partition coefficient (Wildman–Crippen LogP) is 0.305. The lowest BCUT2D eigenvalue weighted by Gasteiger charge is -2.36. The van der Waals surface area contributed by atoms with Gasteiger partial charge in [-0.25, -0.2) is 0 Å². The number of hydrogen-bond acceptors (Lipinski definition) is 3. The fourth-order valence-corrected chi connectivity index (χ4v) is 2.13. The highest BCUT2D eigenvalue weighted by atomic mass is 16.4. The summed E-state index contributed by atoms with van der Waals surface area (Å²) in [6.45, 7) is 3.52. The standard InChI is InChI=1S/C9H17NO3/c1-6-4-5-9(7(2)11,8(12)13)10(6)3/h6-7,11H,4-5H2,1-3H3,(H,12,13). The Bertz CT molecular complexity index is 217. The van der Waals surface area contributed by atoms with Gasteiger partial charge in [-0.3, -0.25) is 9.69 Å². The summed E-state index contributed by atoms with van der Waals surface area (Å²) in [5.74, 6) is -0.922. The van der Waals surface area contributed by atoms with Crippen LogP contribution in [-0.4, -0.2) is 45.8 Å². The molecular weight excluding hydrogens is 170 g/mol. The molecule has 0 aromatic heterocycles. The lowest BCUT2D eigenvalue weighted by molar-refractivity contribution is -0.156. The Labute approximate surface area is 78.2 Å². The minimum Gasteiger partial charge on any atom is -0.480 e. The van der Waals surface area contributed by atoms with Gasteiger partial charge < -0.3 is 10.2 Å². The molecule has 4 heteroatoms. The summed E-state index contributed by atoms with van der Waals surface area (Å²) in [6.07, 6.45) is 0.519. The summed E-state index contributed by atoms with van der Waals surface area (Å²) >= 11 is 0. The van der Waals surface area contributed by atoms with Crippen LogP contribution in [0.3, 0.4) is 0 Å². The van der Waals surface area contributed by atoms with Crippen LogP contribution in [-0.2, 0) is 4.79 Å². The number of rotatable bonds is 2. The molecule has 13 heavy (non-hydrogen) atoms. The number of carbonyl (C=O) groups is 1. The second-order valence-corrected chi connectivity index (χ2v) is 3.90. The molecule has 1 rings (SSSR count). The molecule has 0 saturated carbocycles. The molecule has 0 bridgehead atoms. The minimum absolute atomic E-state index is 0.227. The molecule has 0 amide bonds. The van der Waals surface area contributed by atoms with Crippen molar-refractivity contribution in [3.8, 4) is 0 Å². The van der Waals surface area contributed by atoms with Crippen molar-refractivity contribution in [3.63, 3.8) is 0 Å². The van der Waals surface area contributed by atoms with Gasteiger partial charge in [0.25, 0.3) is 0 Å². The number of nitrogens with zero attached hydrogens (tertiary/aromatic N) is 1. The molecule has 76 valence electrons. The third-order valence-electron chi connectivity index (χ3n) is 3.30. The SMILES string of the molecule is CC1CCC(C(=O)O)(C(C)O)N1C. The molecule has 0 spiro atoms. The molecule has 1 heterocycles. The molecule has 1 fully saturated rings. The lowest BCUT2D eigenvalue weighted by atomic mass is 9.91. The minimum atomic E-state index is -1.07. The van der Waals surface area contributed by atoms with Crippen LogP contribution in [0.2, 0.25) is 0 Å². The largest absolute Gasteiger partial charge is 0.480 e. The van der Waals surface area contributed by atoms with Crippen LogP contribution >= 0.6 is 0 Å². The molecule has 1 saturated heterocycles. The Morgan fingerprint density at radius 2 is 2.23 bits per heavy atom. The zero-order chi connectivity index (χ0) is 10.2. The average molecular weight is 187 g/mol. The molecule has 4 nitrogen and oxygen atoms in total. The molecule has 2 N–H and O–H groups in total. The summed E-state index contributed by atoms with van der Waals surface area (Å²) in [7, 11) is 1.76. The zero-order valence-corrected chi connectivity index (χ0v) is 8.32. The molecule has 0 aliphatic carbocycles. The Hall–Kier alpha value is -0.610. The van der Waals surface area contributed by atoms with Crippen molar-refractivity contribution in [1.82, 2.24) is 4.90 Å². The quantitative estimate of drug-likeness (QED) is 0.653. The maximum absolute atomic E-state index is 11.1. The Morgan fingerprint density at radius 1 is 1.69 bits per heavy atom. The van der Waals surface area contributed by atoms with E-state index in [0.717, 1.165) is 6.42 Å². The Kier molecular flexibility index (Phi) is 2.63. The first kappa shape index (κ1) is 10.5. The zero-order valence-electron chi connectivity index (χ0n) is 8.32. The van der Waals surface area contributed by atoms with E-state index in [0.29, 0.717) is 6.42 Å². The summed E-state index contributed by atoms with van der Waals surface area (Å²) in [6, 6.07) is 0.227. The number of likely N-dealkylation sites (tertiary alicyclic amines) is 1. The summed E-state index contributed by atoms with van der Waals surface area (Å²) in [5.41, 5.74) is -1.07. The first-order valence-corrected chi connectivity index (χ1v) is 4.57. The summed E-state index contributed by atoms with van der Waals surface area (Å²) in [4.78, 5) is 12.9. The van der Waals surface area contributed by atoms with Crippen LogP contribution in [0.15, 0.2) is 0 Å². The molecule has 3 unspecified atom stereocenters. The van der Waals surface area contributed by atoms with Crippen molar-refractivity contribution < 1.29 is 15.0 Å². The van der Waals surface area contributed by atoms with E-state index in [4.69, 9.17) is 5.11 Å². The number of hydrogen-bond donors (Lipinski definition) is 2. The van der Waals surface area contributed by atoms with Gasteiger partial charge in [-0.1, -0.05) is 0 Å². The third-order valence-corrected chi connectivity index (χ3v) is 3.30. The highest BCUT2D eigenvalue weighted by Crippen LogP contribution is 2.35. The second-order valence-electron chi connectivity index (χ2n) is 3.90. The van der Waals surface area contributed by atoms with E-state index in [9.17, 15) is 9.90 Å². The van der Waals surface area contributed by atoms with Crippen LogP contribution in [0, 0.1) is 0 Å². The maximum atomic E-state index is 11.1. The van der Waals surface area contributed by atoms with Crippen molar-refractivity contribution in [2.75, 3.05) is 7.05 Å². The van der Waals surface area contributed by atoms with E-state index in [2.05, 4.69) is 0 Å². The van der Waals surface area contributed by atoms with Gasteiger partial charge in [0.05, 0.1) is 6.10 Å². The van der Waals surface area contributed by atoms with Gasteiger partial charge in [-0.2, -0.15) is 0 Å². The van der Waals surface area contributed by atoms with Crippen molar-refractivity contribution >= 4 is 5.97 Å². The van der Waals surface area contributed by atoms with Gasteiger partial charge in [0, 0.05) is 6.04 Å². The average Bonchev–Trinajstić information content (AvgIpc) is 2.30. The molecule has 1 aliphatic heterocycles. The van der Waals surface area contributed by atoms with Crippen molar-refractivity contribution in [2.24, 2.45) is 0 Å². The van der Waals surface area contributed by atoms with Gasteiger partial charge >= 0.3 is 5.97 Å². The molecular formula is C9H17NO3. The van der Waals surface area contributed by atoms with Crippen LogP contribution in [0.4, 0.5) is 0 Å². The smallest absolute Gasteiger partial charge is 0.326 e. The van der Waals surface area contributed by atoms with Crippen molar-refractivity contribution in [3.05, 3.63) is 0 Å². The first-order valence-electron chi connectivity index (χ1n) is 4.57. The van der Waals surface area contributed by atoms with E-state index in [1.165, 1.54) is 0 Å². The lowest BCUT2D eigenvalue weighted by Crippen LogP contribution is -2.57. The molecule has 0 radical (unpaired) electrons. The fraction of sp³-hybridized carbons (Fsp3) is 0.889. The number of carboxylic acids is 1. The predicted molar refractivity (Wildman–Crippen MR) is 48.5 cm³/mol. The van der Waals surface area contributed by atoms with E-state index in [1.54, 1.807) is 18.9 Å². The molecule has 1 aliphatic rings. The normalized spacial score (nSPS) is 37.7. The van der Waals surface area contributed by atoms with Crippen LogP contribution in [0.1, 0.15) is 26.7 Å². The van der Waals surface area contributed by atoms with E-state index >= 15 is 0 Å². The maximum Gasteiger partial charge on any atom is 0.326 e. The molecule has 3 atom stereocenters.